The number of aromatic amines is 2. The van der Waals surface area contributed by atoms with Crippen molar-refractivity contribution in [1.82, 2.24) is 30.1 Å². The van der Waals surface area contributed by atoms with Crippen LogP contribution in [0.15, 0.2) is 48.9 Å². The molecule has 0 bridgehead atoms. The van der Waals surface area contributed by atoms with E-state index in [1.807, 2.05) is 19.1 Å². The number of amides is 1. The van der Waals surface area contributed by atoms with E-state index >= 15 is 0 Å². The number of fused-ring (bicyclic) bond motifs is 2. The molecule has 4 aromatic heterocycles. The standard InChI is InChI=1S/C26H26N8O/c1-2-22(35)29-18-11-16(13-27-15-18)17-12-19-23(32-33-25(19)28-14-17)26-30-20-7-6-8-21(24(20)31-26)34-9-4-3-5-10-34/h6-8,11-15H,2-5,9-10H2,1H3,(H,29,35)(H,30,31)(H,28,32,33). The zero-order valence-corrected chi connectivity index (χ0v) is 19.5. The van der Waals surface area contributed by atoms with Gasteiger partial charge < -0.3 is 15.2 Å². The van der Waals surface area contributed by atoms with E-state index in [4.69, 9.17) is 4.98 Å². The van der Waals surface area contributed by atoms with Gasteiger partial charge in [-0.1, -0.05) is 13.0 Å². The number of carbonyl (C=O) groups is 1. The van der Waals surface area contributed by atoms with Crippen LogP contribution in [0.1, 0.15) is 32.6 Å². The summed E-state index contributed by atoms with van der Waals surface area (Å²) >= 11 is 0. The molecule has 6 rings (SSSR count). The van der Waals surface area contributed by atoms with Crippen LogP contribution in [-0.4, -0.2) is 49.1 Å². The fraction of sp³-hybridized carbons (Fsp3) is 0.269. The van der Waals surface area contributed by atoms with E-state index in [1.54, 1.807) is 18.6 Å². The second kappa shape index (κ2) is 8.83. The van der Waals surface area contributed by atoms with E-state index in [2.05, 4.69) is 53.6 Å². The van der Waals surface area contributed by atoms with E-state index < -0.39 is 0 Å². The number of nitrogens with zero attached hydrogens (tertiary/aromatic N) is 5. The molecule has 0 atom stereocenters. The molecule has 9 nitrogen and oxygen atoms in total. The highest BCUT2D eigenvalue weighted by Gasteiger charge is 2.19. The molecule has 0 saturated carbocycles. The lowest BCUT2D eigenvalue weighted by Gasteiger charge is -2.28. The van der Waals surface area contributed by atoms with Crippen LogP contribution in [-0.2, 0) is 4.79 Å². The normalized spacial score (nSPS) is 14.0. The number of H-pyrrole nitrogens is 2. The molecule has 0 aliphatic carbocycles. The summed E-state index contributed by atoms with van der Waals surface area (Å²) in [6.07, 6.45) is 9.29. The van der Waals surface area contributed by atoms with Crippen molar-refractivity contribution >= 4 is 39.3 Å². The fourth-order valence-corrected chi connectivity index (χ4v) is 4.68. The molecule has 0 radical (unpaired) electrons. The van der Waals surface area contributed by atoms with Gasteiger partial charge in [-0.2, -0.15) is 5.10 Å². The van der Waals surface area contributed by atoms with Crippen molar-refractivity contribution in [3.8, 4) is 22.6 Å². The van der Waals surface area contributed by atoms with Crippen LogP contribution >= 0.6 is 0 Å². The Morgan fingerprint density at radius 2 is 1.94 bits per heavy atom. The smallest absolute Gasteiger partial charge is 0.224 e. The van der Waals surface area contributed by atoms with Crippen LogP contribution in [0.5, 0.6) is 0 Å². The maximum atomic E-state index is 11.8. The van der Waals surface area contributed by atoms with Gasteiger partial charge in [0.05, 0.1) is 28.5 Å². The van der Waals surface area contributed by atoms with Crippen molar-refractivity contribution < 1.29 is 4.79 Å². The van der Waals surface area contributed by atoms with Crippen LogP contribution in [0, 0.1) is 0 Å². The van der Waals surface area contributed by atoms with Crippen molar-refractivity contribution in [2.75, 3.05) is 23.3 Å². The summed E-state index contributed by atoms with van der Waals surface area (Å²) in [5, 5.41) is 11.2. The number of hydrogen-bond donors (Lipinski definition) is 3. The summed E-state index contributed by atoms with van der Waals surface area (Å²) < 4.78 is 0. The van der Waals surface area contributed by atoms with E-state index in [-0.39, 0.29) is 5.91 Å². The van der Waals surface area contributed by atoms with E-state index in [0.717, 1.165) is 52.2 Å². The van der Waals surface area contributed by atoms with Gasteiger partial charge in [-0.15, -0.1) is 0 Å². The zero-order chi connectivity index (χ0) is 23.8. The van der Waals surface area contributed by atoms with Gasteiger partial charge in [-0.05, 0) is 43.5 Å². The van der Waals surface area contributed by atoms with Crippen LogP contribution in [0.25, 0.3) is 44.7 Å². The highest BCUT2D eigenvalue weighted by atomic mass is 16.1. The van der Waals surface area contributed by atoms with Crippen molar-refractivity contribution in [3.05, 3.63) is 48.9 Å². The molecule has 5 aromatic rings. The second-order valence-corrected chi connectivity index (χ2v) is 8.86. The first-order valence-corrected chi connectivity index (χ1v) is 12.0. The summed E-state index contributed by atoms with van der Waals surface area (Å²) in [7, 11) is 0. The second-order valence-electron chi connectivity index (χ2n) is 8.86. The number of anilines is 2. The number of pyridine rings is 2. The average molecular weight is 467 g/mol. The summed E-state index contributed by atoms with van der Waals surface area (Å²) in [4.78, 5) is 31.5. The van der Waals surface area contributed by atoms with Gasteiger partial charge in [0.2, 0.25) is 5.91 Å². The minimum atomic E-state index is -0.0524. The molecule has 35 heavy (non-hydrogen) atoms. The van der Waals surface area contributed by atoms with Crippen molar-refractivity contribution in [1.29, 1.82) is 0 Å². The predicted molar refractivity (Wildman–Crippen MR) is 137 cm³/mol. The zero-order valence-electron chi connectivity index (χ0n) is 19.5. The Bertz CT molecular complexity index is 1530. The third-order valence-corrected chi connectivity index (χ3v) is 6.51. The van der Waals surface area contributed by atoms with E-state index in [0.29, 0.717) is 17.8 Å². The molecule has 1 aromatic carbocycles. The maximum absolute atomic E-state index is 11.8. The summed E-state index contributed by atoms with van der Waals surface area (Å²) in [6.45, 7) is 3.94. The predicted octanol–water partition coefficient (Wildman–Crippen LogP) is 4.90. The van der Waals surface area contributed by atoms with Crippen LogP contribution in [0.2, 0.25) is 0 Å². The Kier molecular flexibility index (Phi) is 5.36. The third kappa shape index (κ3) is 3.99. The van der Waals surface area contributed by atoms with Gasteiger partial charge in [0.25, 0.3) is 0 Å². The Morgan fingerprint density at radius 3 is 2.80 bits per heavy atom. The van der Waals surface area contributed by atoms with Crippen LogP contribution < -0.4 is 10.2 Å². The molecule has 176 valence electrons. The Hall–Kier alpha value is -4.27. The van der Waals surface area contributed by atoms with E-state index in [9.17, 15) is 4.79 Å². The van der Waals surface area contributed by atoms with Gasteiger partial charge >= 0.3 is 0 Å². The average Bonchev–Trinajstić information content (AvgIpc) is 3.53. The van der Waals surface area contributed by atoms with Crippen molar-refractivity contribution in [3.63, 3.8) is 0 Å². The summed E-state index contributed by atoms with van der Waals surface area (Å²) in [5.41, 5.74) is 6.94. The molecule has 1 aliphatic rings. The van der Waals surface area contributed by atoms with Crippen LogP contribution in [0.3, 0.4) is 0 Å². The van der Waals surface area contributed by atoms with Crippen molar-refractivity contribution in [2.24, 2.45) is 0 Å². The molecule has 0 unspecified atom stereocenters. The lowest BCUT2D eigenvalue weighted by molar-refractivity contribution is -0.115. The third-order valence-electron chi connectivity index (χ3n) is 6.51. The highest BCUT2D eigenvalue weighted by Crippen LogP contribution is 2.33. The molecule has 1 saturated heterocycles. The Labute approximate surface area is 202 Å². The molecule has 1 aliphatic heterocycles. The minimum Gasteiger partial charge on any atom is -0.370 e. The summed E-state index contributed by atoms with van der Waals surface area (Å²) in [6, 6.07) is 10.2. The lowest BCUT2D eigenvalue weighted by atomic mass is 10.1. The molecular weight excluding hydrogens is 440 g/mol. The van der Waals surface area contributed by atoms with Gasteiger partial charge in [0.1, 0.15) is 11.2 Å². The number of hydrogen-bond acceptors (Lipinski definition) is 6. The highest BCUT2D eigenvalue weighted by molar-refractivity contribution is 5.96. The lowest BCUT2D eigenvalue weighted by Crippen LogP contribution is -2.29. The number of carbonyl (C=O) groups excluding carboxylic acids is 1. The first-order chi connectivity index (χ1) is 17.2. The first-order valence-electron chi connectivity index (χ1n) is 12.0. The number of aromatic nitrogens is 6. The number of imidazole rings is 1. The van der Waals surface area contributed by atoms with Crippen LogP contribution in [0.4, 0.5) is 11.4 Å². The number of piperidine rings is 1. The quantitative estimate of drug-likeness (QED) is 0.339. The largest absolute Gasteiger partial charge is 0.370 e. The fourth-order valence-electron chi connectivity index (χ4n) is 4.68. The molecule has 1 amide bonds. The number of rotatable bonds is 5. The number of benzene rings is 1. The Morgan fingerprint density at radius 1 is 1.09 bits per heavy atom. The monoisotopic (exact) mass is 466 g/mol. The molecule has 3 N–H and O–H groups in total. The SMILES string of the molecule is CCC(=O)Nc1cncc(-c2cnc3n[nH]c(-c4nc5c(N6CCCCC6)cccc5[nH]4)c3c2)c1. The minimum absolute atomic E-state index is 0.0524. The van der Waals surface area contributed by atoms with Gasteiger partial charge in [-0.3, -0.25) is 14.9 Å². The van der Waals surface area contributed by atoms with Gasteiger partial charge in [-0.25, -0.2) is 9.97 Å². The molecule has 5 heterocycles. The van der Waals surface area contributed by atoms with E-state index in [1.165, 1.54) is 24.9 Å². The molecular formula is C26H26N8O. The molecule has 0 spiro atoms. The summed E-state index contributed by atoms with van der Waals surface area (Å²) in [5.74, 6) is 0.677. The topological polar surface area (TPSA) is 115 Å². The maximum Gasteiger partial charge on any atom is 0.224 e. The van der Waals surface area contributed by atoms with Gasteiger partial charge in [0.15, 0.2) is 11.5 Å². The molecule has 1 fully saturated rings. The van der Waals surface area contributed by atoms with Crippen molar-refractivity contribution in [2.45, 2.75) is 32.6 Å². The van der Waals surface area contributed by atoms with Gasteiger partial charge in [0, 0.05) is 43.0 Å². The number of para-hydroxylation sites is 1. The molecule has 9 heteroatoms. The Balaban J connectivity index is 1.39. The number of nitrogens with one attached hydrogen (secondary N) is 3. The first kappa shape index (κ1) is 21.3.